The maximum absolute atomic E-state index is 14.5. The highest BCUT2D eigenvalue weighted by Crippen LogP contribution is 2.59. The Labute approximate surface area is 258 Å². The molecule has 11 nitrogen and oxygen atoms in total. The van der Waals surface area contributed by atoms with Gasteiger partial charge in [-0.05, 0) is 62.7 Å². The lowest BCUT2D eigenvalue weighted by Gasteiger charge is -2.32. The van der Waals surface area contributed by atoms with E-state index in [1.807, 2.05) is 74.7 Å². The number of anilines is 2. The van der Waals surface area contributed by atoms with Gasteiger partial charge in [-0.1, -0.05) is 42.5 Å². The van der Waals surface area contributed by atoms with Crippen LogP contribution >= 0.6 is 0 Å². The van der Waals surface area contributed by atoms with Crippen molar-refractivity contribution >= 4 is 31.5 Å². The molecule has 2 amide bonds. The van der Waals surface area contributed by atoms with Crippen molar-refractivity contribution in [3.63, 3.8) is 0 Å². The summed E-state index contributed by atoms with van der Waals surface area (Å²) in [6, 6.07) is 15.3. The van der Waals surface area contributed by atoms with Crippen LogP contribution in [0.4, 0.5) is 11.4 Å². The lowest BCUT2D eigenvalue weighted by molar-refractivity contribution is -0.146. The van der Waals surface area contributed by atoms with Crippen molar-refractivity contribution < 1.29 is 24.2 Å². The van der Waals surface area contributed by atoms with Crippen LogP contribution in [0.5, 0.6) is 0 Å². The lowest BCUT2D eigenvalue weighted by Crippen LogP contribution is -2.46. The minimum atomic E-state index is -2.78. The minimum Gasteiger partial charge on any atom is -0.432 e. The van der Waals surface area contributed by atoms with Crippen molar-refractivity contribution in [3.8, 4) is 0 Å². The number of nitrogens with zero attached hydrogens (tertiary/aromatic N) is 4. The van der Waals surface area contributed by atoms with E-state index in [4.69, 9.17) is 4.74 Å². The van der Waals surface area contributed by atoms with Crippen LogP contribution in [0.25, 0.3) is 0 Å². The number of fused-ring (bicyclic) bond motifs is 2. The number of amides is 2. The van der Waals surface area contributed by atoms with Crippen LogP contribution in [-0.2, 0) is 39.4 Å². The van der Waals surface area contributed by atoms with Crippen molar-refractivity contribution in [2.45, 2.75) is 82.1 Å². The summed E-state index contributed by atoms with van der Waals surface area (Å²) in [7, 11) is -2.78. The van der Waals surface area contributed by atoms with Crippen LogP contribution in [0.15, 0.2) is 54.7 Å². The molecule has 3 aromatic rings. The molecule has 4 heterocycles. The van der Waals surface area contributed by atoms with Crippen LogP contribution in [-0.4, -0.2) is 70.3 Å². The van der Waals surface area contributed by atoms with Crippen molar-refractivity contribution in [1.29, 1.82) is 0 Å². The average Bonchev–Trinajstić information content (AvgIpc) is 3.78. The molecule has 1 spiro atoms. The van der Waals surface area contributed by atoms with Gasteiger partial charge in [0.2, 0.25) is 5.91 Å². The van der Waals surface area contributed by atoms with Crippen molar-refractivity contribution in [2.75, 3.05) is 23.4 Å². The molecule has 6 rings (SSSR count). The highest BCUT2D eigenvalue weighted by Gasteiger charge is 2.66. The summed E-state index contributed by atoms with van der Waals surface area (Å²) in [6.07, 6.45) is 4.31. The fourth-order valence-electron chi connectivity index (χ4n) is 7.41. The third-order valence-corrected chi connectivity index (χ3v) is 11.9. The quantitative estimate of drug-likeness (QED) is 0.254. The van der Waals surface area contributed by atoms with Crippen LogP contribution in [0.2, 0.25) is 18.6 Å². The third kappa shape index (κ3) is 5.61. The summed E-state index contributed by atoms with van der Waals surface area (Å²) in [5.74, 6) is -0.394. The number of aliphatic hydroxyl groups is 1. The molecule has 4 N–H and O–H groups in total. The number of aryl methyl sites for hydroxylation is 1. The predicted octanol–water partition coefficient (Wildman–Crippen LogP) is 2.94. The number of nitrogens with one attached hydrogen (secondary N) is 2. The zero-order chi connectivity index (χ0) is 31.1. The molecule has 2 aromatic carbocycles. The molecule has 0 unspecified atom stereocenters. The van der Waals surface area contributed by atoms with Crippen LogP contribution in [0.3, 0.4) is 0 Å². The third-order valence-electron chi connectivity index (χ3n) is 9.43. The first-order valence-corrected chi connectivity index (χ1v) is 18.6. The summed E-state index contributed by atoms with van der Waals surface area (Å²) in [5.41, 5.74) is 2.64. The van der Waals surface area contributed by atoms with E-state index in [2.05, 4.69) is 20.9 Å². The average molecular weight is 619 g/mol. The summed E-state index contributed by atoms with van der Waals surface area (Å²) in [4.78, 5) is 40.4. The maximum atomic E-state index is 14.5. The van der Waals surface area contributed by atoms with Crippen molar-refractivity contribution in [2.24, 2.45) is 5.92 Å². The Morgan fingerprint density at radius 2 is 1.98 bits per heavy atom. The molecular formula is C32H42N6O5Si. The topological polar surface area (TPSA) is 142 Å². The molecule has 2 saturated heterocycles. The highest BCUT2D eigenvalue weighted by atomic mass is 28.4. The number of para-hydroxylation sites is 1. The maximum Gasteiger partial charge on any atom is 0.264 e. The fraction of sp³-hybridized carbons (Fsp3) is 0.500. The largest absolute Gasteiger partial charge is 0.432 e. The SMILES string of the molecule is C[C@H]1[C@H]([Si](C)(C)O)[C@@H](CCn2cc(CCO)nn2)O[C@]12C(=O)N(Cc1ccc(NC(=O)[C@H]3CCCN3)cc1)c1ccccc12. The molecular weight excluding hydrogens is 576 g/mol. The molecule has 0 saturated carbocycles. The zero-order valence-corrected chi connectivity index (χ0v) is 26.6. The van der Waals surface area contributed by atoms with Crippen LogP contribution in [0.1, 0.15) is 43.0 Å². The summed E-state index contributed by atoms with van der Waals surface area (Å²) in [5, 5.41) is 23.7. The van der Waals surface area contributed by atoms with Gasteiger partial charge in [0.1, 0.15) is 0 Å². The molecule has 3 aliphatic heterocycles. The van der Waals surface area contributed by atoms with Gasteiger partial charge in [-0.3, -0.25) is 14.3 Å². The number of ether oxygens (including phenoxy) is 1. The number of benzene rings is 2. The molecule has 3 aliphatic rings. The summed E-state index contributed by atoms with van der Waals surface area (Å²) in [6.45, 7) is 7.63. The van der Waals surface area contributed by atoms with Gasteiger partial charge in [-0.25, -0.2) is 0 Å². The molecule has 234 valence electrons. The Morgan fingerprint density at radius 3 is 2.68 bits per heavy atom. The van der Waals surface area contributed by atoms with Gasteiger partial charge < -0.3 is 30.2 Å². The Morgan fingerprint density at radius 1 is 1.20 bits per heavy atom. The predicted molar refractivity (Wildman–Crippen MR) is 168 cm³/mol. The molecule has 44 heavy (non-hydrogen) atoms. The van der Waals surface area contributed by atoms with E-state index in [0.29, 0.717) is 25.9 Å². The number of hydrogen-bond donors (Lipinski definition) is 4. The smallest absolute Gasteiger partial charge is 0.264 e. The minimum absolute atomic E-state index is 0.00764. The second-order valence-electron chi connectivity index (χ2n) is 12.8. The Balaban J connectivity index is 1.23. The van der Waals surface area contributed by atoms with Gasteiger partial charge in [-0.2, -0.15) is 0 Å². The second kappa shape index (κ2) is 12.2. The van der Waals surface area contributed by atoms with E-state index in [-0.39, 0.29) is 42.0 Å². The normalized spacial score (nSPS) is 26.5. The number of carbonyl (C=O) groups is 2. The number of rotatable bonds is 10. The van der Waals surface area contributed by atoms with Gasteiger partial charge in [0.05, 0.1) is 30.1 Å². The first-order chi connectivity index (χ1) is 21.1. The first-order valence-electron chi connectivity index (χ1n) is 15.6. The van der Waals surface area contributed by atoms with Gasteiger partial charge in [0.25, 0.3) is 5.91 Å². The first kappa shape index (κ1) is 30.6. The molecule has 5 atom stereocenters. The number of aliphatic hydroxyl groups excluding tert-OH is 1. The zero-order valence-electron chi connectivity index (χ0n) is 25.6. The van der Waals surface area contributed by atoms with E-state index in [9.17, 15) is 19.5 Å². The van der Waals surface area contributed by atoms with E-state index in [1.165, 1.54) is 0 Å². The number of hydrogen-bond acceptors (Lipinski definition) is 8. The Hall–Kier alpha value is -3.42. The van der Waals surface area contributed by atoms with E-state index >= 15 is 0 Å². The van der Waals surface area contributed by atoms with Gasteiger partial charge in [0, 0.05) is 48.5 Å². The van der Waals surface area contributed by atoms with Crippen LogP contribution < -0.4 is 15.5 Å². The Bertz CT molecular complexity index is 1500. The molecule has 2 fully saturated rings. The van der Waals surface area contributed by atoms with Gasteiger partial charge in [0.15, 0.2) is 13.9 Å². The standard InChI is InChI=1S/C32H42N6O5Si/c1-21-29(44(2,3)42)28(14-17-37-20-24(15-18-39)35-36-37)43-32(21)25-7-4-5-9-27(25)38(31(32)41)19-22-10-12-23(13-11-22)34-30(40)26-8-6-16-33-26/h4-5,7,9-13,20-21,26,28-29,33,39,42H,6,8,14-19H2,1-3H3,(H,34,40)/t21-,26+,28+,29-,32+/m0/s1. The molecule has 0 aliphatic carbocycles. The highest BCUT2D eigenvalue weighted by molar-refractivity contribution is 6.71. The van der Waals surface area contributed by atoms with Crippen LogP contribution in [0, 0.1) is 5.92 Å². The monoisotopic (exact) mass is 618 g/mol. The molecule has 1 aromatic heterocycles. The lowest BCUT2D eigenvalue weighted by atomic mass is 9.82. The summed E-state index contributed by atoms with van der Waals surface area (Å²) >= 11 is 0. The molecule has 0 radical (unpaired) electrons. The fourth-order valence-corrected chi connectivity index (χ4v) is 10.0. The van der Waals surface area contributed by atoms with E-state index in [1.54, 1.807) is 9.58 Å². The summed E-state index contributed by atoms with van der Waals surface area (Å²) < 4.78 is 8.62. The Kier molecular flexibility index (Phi) is 8.46. The van der Waals surface area contributed by atoms with Gasteiger partial charge >= 0.3 is 0 Å². The van der Waals surface area contributed by atoms with E-state index < -0.39 is 13.9 Å². The second-order valence-corrected chi connectivity index (χ2v) is 16.8. The van der Waals surface area contributed by atoms with Crippen molar-refractivity contribution in [1.82, 2.24) is 20.3 Å². The molecule has 12 heteroatoms. The number of aromatic nitrogens is 3. The molecule has 0 bridgehead atoms. The van der Waals surface area contributed by atoms with Gasteiger partial charge in [-0.15, -0.1) is 5.10 Å². The van der Waals surface area contributed by atoms with E-state index in [0.717, 1.165) is 47.6 Å². The number of carbonyl (C=O) groups excluding carboxylic acids is 2. The van der Waals surface area contributed by atoms with Crippen molar-refractivity contribution in [3.05, 3.63) is 71.5 Å².